The molecule has 7 aromatic rings. The van der Waals surface area contributed by atoms with Gasteiger partial charge >= 0.3 is 0 Å². The van der Waals surface area contributed by atoms with Gasteiger partial charge in [-0.15, -0.1) is 0 Å². The van der Waals surface area contributed by atoms with E-state index in [4.69, 9.17) is 4.42 Å². The van der Waals surface area contributed by atoms with Crippen LogP contribution in [0.5, 0.6) is 0 Å². The van der Waals surface area contributed by atoms with Gasteiger partial charge in [-0.05, 0) is 86.6 Å². The van der Waals surface area contributed by atoms with E-state index in [0.717, 1.165) is 22.3 Å². The topological polar surface area (TPSA) is 13.1 Å². The maximum Gasteiger partial charge on any atom is 0.134 e. The highest BCUT2D eigenvalue weighted by Gasteiger charge is 2.18. The molecule has 0 radical (unpaired) electrons. The van der Waals surface area contributed by atoms with Gasteiger partial charge in [-0.1, -0.05) is 103 Å². The van der Waals surface area contributed by atoms with E-state index >= 15 is 0 Å². The quantitative estimate of drug-likeness (QED) is 0.232. The summed E-state index contributed by atoms with van der Waals surface area (Å²) in [6.07, 6.45) is 4.22. The Bertz CT molecular complexity index is 1940. The Morgan fingerprint density at radius 2 is 1.08 bits per heavy atom. The van der Waals surface area contributed by atoms with Gasteiger partial charge in [-0.3, -0.25) is 0 Å². The van der Waals surface area contributed by atoms with Gasteiger partial charge in [0.25, 0.3) is 0 Å². The van der Waals surface area contributed by atoms with E-state index in [1.165, 1.54) is 54.6 Å². The number of hydrogen-bond acceptors (Lipinski definition) is 1. The van der Waals surface area contributed by atoms with Crippen LogP contribution in [-0.4, -0.2) is 0 Å². The zero-order valence-electron chi connectivity index (χ0n) is 21.0. The molecule has 0 N–H and O–H groups in total. The van der Waals surface area contributed by atoms with Crippen molar-refractivity contribution in [3.05, 3.63) is 127 Å². The van der Waals surface area contributed by atoms with Crippen LogP contribution in [0.1, 0.15) is 18.2 Å². The van der Waals surface area contributed by atoms with Crippen molar-refractivity contribution in [1.82, 2.24) is 0 Å². The van der Waals surface area contributed by atoms with Gasteiger partial charge in [0.15, 0.2) is 0 Å². The highest BCUT2D eigenvalue weighted by Crippen LogP contribution is 2.44. The van der Waals surface area contributed by atoms with Crippen LogP contribution >= 0.6 is 0 Å². The number of fused-ring (bicyclic) bond motifs is 4. The van der Waals surface area contributed by atoms with Gasteiger partial charge in [0, 0.05) is 10.9 Å². The average molecular weight is 475 g/mol. The van der Waals surface area contributed by atoms with E-state index in [2.05, 4.69) is 128 Å². The summed E-state index contributed by atoms with van der Waals surface area (Å²) in [5.41, 5.74) is 7.08. The van der Waals surface area contributed by atoms with Crippen LogP contribution in [0.3, 0.4) is 0 Å². The largest absolute Gasteiger partial charge is 0.461 e. The Morgan fingerprint density at radius 1 is 0.541 bits per heavy atom. The molecular weight excluding hydrogens is 448 g/mol. The van der Waals surface area contributed by atoms with Crippen LogP contribution < -0.4 is 0 Å². The number of benzene rings is 6. The molecule has 1 heterocycles. The number of hydrogen-bond donors (Lipinski definition) is 0. The van der Waals surface area contributed by atoms with Crippen molar-refractivity contribution in [3.8, 4) is 22.3 Å². The highest BCUT2D eigenvalue weighted by molar-refractivity contribution is 6.22. The van der Waals surface area contributed by atoms with E-state index in [0.29, 0.717) is 0 Å². The summed E-state index contributed by atoms with van der Waals surface area (Å²) in [6.45, 7) is 4.09. The van der Waals surface area contributed by atoms with Crippen molar-refractivity contribution < 1.29 is 4.42 Å². The van der Waals surface area contributed by atoms with Gasteiger partial charge < -0.3 is 4.42 Å². The van der Waals surface area contributed by atoms with Crippen molar-refractivity contribution in [1.29, 1.82) is 0 Å². The molecule has 6 aromatic carbocycles. The van der Waals surface area contributed by atoms with Crippen molar-refractivity contribution >= 4 is 49.4 Å². The molecule has 0 aliphatic heterocycles. The van der Waals surface area contributed by atoms with E-state index in [9.17, 15) is 0 Å². The molecule has 1 aromatic heterocycles. The summed E-state index contributed by atoms with van der Waals surface area (Å²) >= 11 is 0. The summed E-state index contributed by atoms with van der Waals surface area (Å²) < 4.78 is 6.08. The molecule has 0 aliphatic carbocycles. The fraction of sp³-hybridized carbons (Fsp3) is 0.0556. The third kappa shape index (κ3) is 3.39. The molecule has 0 fully saturated rings. The summed E-state index contributed by atoms with van der Waals surface area (Å²) in [6, 6.07) is 39.7. The summed E-state index contributed by atoms with van der Waals surface area (Å²) in [4.78, 5) is 0. The molecule has 176 valence electrons. The number of aryl methyl sites for hydroxylation is 1. The monoisotopic (exact) mass is 474 g/mol. The second-order valence-electron chi connectivity index (χ2n) is 9.69. The lowest BCUT2D eigenvalue weighted by Crippen LogP contribution is -1.91. The van der Waals surface area contributed by atoms with E-state index in [-0.39, 0.29) is 0 Å². The molecule has 0 aliphatic rings. The molecule has 0 spiro atoms. The lowest BCUT2D eigenvalue weighted by Gasteiger charge is -2.18. The van der Waals surface area contributed by atoms with Crippen molar-refractivity contribution in [2.24, 2.45) is 0 Å². The minimum atomic E-state index is 0.927. The first-order chi connectivity index (χ1) is 18.2. The molecule has 1 heteroatoms. The third-order valence-corrected chi connectivity index (χ3v) is 7.50. The maximum absolute atomic E-state index is 6.08. The van der Waals surface area contributed by atoms with Crippen molar-refractivity contribution in [2.75, 3.05) is 0 Å². The number of rotatable bonds is 3. The predicted molar refractivity (Wildman–Crippen MR) is 159 cm³/mol. The first-order valence-corrected chi connectivity index (χ1v) is 12.8. The minimum Gasteiger partial charge on any atom is -0.461 e. The smallest absolute Gasteiger partial charge is 0.134 e. The molecule has 0 unspecified atom stereocenters. The molecule has 7 rings (SSSR count). The zero-order chi connectivity index (χ0) is 24.9. The summed E-state index contributed by atoms with van der Waals surface area (Å²) in [5.74, 6) is 0.951. The molecule has 0 atom stereocenters. The number of allylic oxidation sites excluding steroid dienone is 1. The fourth-order valence-corrected chi connectivity index (χ4v) is 5.86. The second kappa shape index (κ2) is 8.50. The summed E-state index contributed by atoms with van der Waals surface area (Å²) in [5, 5.41) is 8.73. The lowest BCUT2D eigenvalue weighted by molar-refractivity contribution is 0.577. The Hall–Kier alpha value is -4.62. The molecule has 37 heavy (non-hydrogen) atoms. The van der Waals surface area contributed by atoms with Gasteiger partial charge in [-0.25, -0.2) is 0 Å². The third-order valence-electron chi connectivity index (χ3n) is 7.50. The van der Waals surface area contributed by atoms with Crippen molar-refractivity contribution in [3.63, 3.8) is 0 Å². The molecule has 0 saturated carbocycles. The van der Waals surface area contributed by atoms with Gasteiger partial charge in [0.1, 0.15) is 11.3 Å². The minimum absolute atomic E-state index is 0.927. The van der Waals surface area contributed by atoms with Crippen molar-refractivity contribution in [2.45, 2.75) is 13.8 Å². The number of furan rings is 1. The lowest BCUT2D eigenvalue weighted by atomic mass is 9.85. The Balaban J connectivity index is 1.59. The van der Waals surface area contributed by atoms with Crippen LogP contribution in [0.15, 0.2) is 120 Å². The zero-order valence-corrected chi connectivity index (χ0v) is 21.0. The normalized spacial score (nSPS) is 11.9. The fourth-order valence-electron chi connectivity index (χ4n) is 5.86. The Morgan fingerprint density at radius 3 is 1.70 bits per heavy atom. The summed E-state index contributed by atoms with van der Waals surface area (Å²) in [7, 11) is 0. The second-order valence-corrected chi connectivity index (χ2v) is 9.69. The Kier molecular flexibility index (Phi) is 4.97. The maximum atomic E-state index is 6.08. The van der Waals surface area contributed by atoms with Crippen LogP contribution in [0, 0.1) is 6.92 Å². The van der Waals surface area contributed by atoms with Crippen LogP contribution in [0.4, 0.5) is 0 Å². The highest BCUT2D eigenvalue weighted by atomic mass is 16.3. The molecule has 0 amide bonds. The average Bonchev–Trinajstić information content (AvgIpc) is 3.25. The standard InChI is InChI=1S/C36H26O/c1-3-10-28-23(2)37-34-20-19-27(22-33(28)34)36-31-15-8-6-13-29(31)35(30-14-7-9-16-32(30)36)26-18-17-24-11-4-5-12-25(24)21-26/h3-22H,1-2H3/b10-3-. The predicted octanol–water partition coefficient (Wildman–Crippen LogP) is 10.6. The first kappa shape index (κ1) is 21.6. The van der Waals surface area contributed by atoms with E-state index < -0.39 is 0 Å². The van der Waals surface area contributed by atoms with Crippen LogP contribution in [0.2, 0.25) is 0 Å². The molecule has 0 saturated heterocycles. The Labute approximate surface area is 216 Å². The van der Waals surface area contributed by atoms with Gasteiger partial charge in [0.05, 0.1) is 0 Å². The molecule has 1 nitrogen and oxygen atoms in total. The molecule has 0 bridgehead atoms. The van der Waals surface area contributed by atoms with Gasteiger partial charge in [0.2, 0.25) is 0 Å². The van der Waals surface area contributed by atoms with Crippen LogP contribution in [-0.2, 0) is 0 Å². The SMILES string of the molecule is C/C=C\c1c(C)oc2ccc(-c3c4ccccc4c(-c4ccc5ccccc5c4)c4ccccc34)cc12. The van der Waals surface area contributed by atoms with E-state index in [1.807, 2.05) is 6.92 Å². The first-order valence-electron chi connectivity index (χ1n) is 12.8. The van der Waals surface area contributed by atoms with Crippen LogP contribution in [0.25, 0.3) is 71.6 Å². The van der Waals surface area contributed by atoms with E-state index in [1.54, 1.807) is 0 Å². The van der Waals surface area contributed by atoms with Gasteiger partial charge in [-0.2, -0.15) is 0 Å². The molecular formula is C36H26O.